The first-order chi connectivity index (χ1) is 12.0. The topological polar surface area (TPSA) is 49.4 Å². The van der Waals surface area contributed by atoms with Gasteiger partial charge in [-0.3, -0.25) is 9.59 Å². The molecule has 1 aliphatic rings. The number of hydrogen-bond acceptors (Lipinski definition) is 2. The molecule has 0 aromatic heterocycles. The van der Waals surface area contributed by atoms with Gasteiger partial charge in [0.05, 0.1) is 12.5 Å². The van der Waals surface area contributed by atoms with Crippen LogP contribution >= 0.6 is 0 Å². The van der Waals surface area contributed by atoms with Crippen molar-refractivity contribution in [3.05, 3.63) is 70.9 Å². The molecule has 0 spiro atoms. The summed E-state index contributed by atoms with van der Waals surface area (Å²) in [5, 5.41) is 2.95. The quantitative estimate of drug-likeness (QED) is 0.914. The second-order valence-electron chi connectivity index (χ2n) is 6.44. The summed E-state index contributed by atoms with van der Waals surface area (Å²) in [4.78, 5) is 26.2. The zero-order valence-electron chi connectivity index (χ0n) is 14.7. The van der Waals surface area contributed by atoms with Gasteiger partial charge in [-0.1, -0.05) is 30.3 Å². The monoisotopic (exact) mass is 334 g/mol. The maximum atomic E-state index is 12.6. The van der Waals surface area contributed by atoms with Crippen molar-refractivity contribution in [2.45, 2.75) is 33.2 Å². The second kappa shape index (κ2) is 6.93. The molecule has 2 aromatic rings. The number of rotatable bonds is 3. The molecule has 1 atom stereocenters. The molecule has 0 fully saturated rings. The minimum atomic E-state index is -0.287. The van der Waals surface area contributed by atoms with E-state index >= 15 is 0 Å². The van der Waals surface area contributed by atoms with Crippen LogP contribution in [0.3, 0.4) is 0 Å². The van der Waals surface area contributed by atoms with E-state index in [1.807, 2.05) is 62.4 Å². The normalized spacial score (nSPS) is 15.6. The Labute approximate surface area is 148 Å². The number of nitrogens with one attached hydrogen (secondary N) is 1. The second-order valence-corrected chi connectivity index (χ2v) is 6.44. The molecule has 0 unspecified atom stereocenters. The Morgan fingerprint density at radius 1 is 1.08 bits per heavy atom. The first-order valence-corrected chi connectivity index (χ1v) is 8.39. The van der Waals surface area contributed by atoms with Gasteiger partial charge < -0.3 is 10.2 Å². The highest BCUT2D eigenvalue weighted by Gasteiger charge is 2.28. The fraction of sp³-hybridized carbons (Fsp3) is 0.238. The standard InChI is InChI=1S/C21H22N2O2/c1-14-8-9-18(12-15(14)2)22-21(25)13-20-19-7-5-4-6-17(19)10-11-23(20)16(3)24/h4-12,20H,13H2,1-3H3,(H,22,25)/t20-/m1/s1. The number of anilines is 1. The Balaban J connectivity index is 1.81. The van der Waals surface area contributed by atoms with Crippen molar-refractivity contribution in [3.8, 4) is 0 Å². The largest absolute Gasteiger partial charge is 0.326 e. The van der Waals surface area contributed by atoms with E-state index in [2.05, 4.69) is 5.32 Å². The van der Waals surface area contributed by atoms with E-state index in [4.69, 9.17) is 0 Å². The van der Waals surface area contributed by atoms with Crippen molar-refractivity contribution in [2.75, 3.05) is 5.32 Å². The third-order valence-corrected chi connectivity index (χ3v) is 4.64. The summed E-state index contributed by atoms with van der Waals surface area (Å²) in [5.74, 6) is -0.181. The van der Waals surface area contributed by atoms with Crippen LogP contribution in [0.25, 0.3) is 6.08 Å². The van der Waals surface area contributed by atoms with Crippen LogP contribution in [0.15, 0.2) is 48.7 Å². The highest BCUT2D eigenvalue weighted by atomic mass is 16.2. The van der Waals surface area contributed by atoms with Crippen molar-refractivity contribution in [1.29, 1.82) is 0 Å². The van der Waals surface area contributed by atoms with Gasteiger partial charge in [0.1, 0.15) is 0 Å². The van der Waals surface area contributed by atoms with Gasteiger partial charge in [0.15, 0.2) is 0 Å². The lowest BCUT2D eigenvalue weighted by Crippen LogP contribution is -2.33. The molecule has 0 saturated heterocycles. The molecule has 2 aromatic carbocycles. The zero-order chi connectivity index (χ0) is 18.0. The number of nitrogens with zero attached hydrogens (tertiary/aromatic N) is 1. The van der Waals surface area contributed by atoms with Crippen LogP contribution in [0, 0.1) is 13.8 Å². The van der Waals surface area contributed by atoms with Gasteiger partial charge >= 0.3 is 0 Å². The SMILES string of the molecule is CC(=O)N1C=Cc2ccccc2[C@H]1CC(=O)Nc1ccc(C)c(C)c1. The van der Waals surface area contributed by atoms with Gasteiger partial charge in [0.25, 0.3) is 0 Å². The molecule has 0 aliphatic carbocycles. The zero-order valence-corrected chi connectivity index (χ0v) is 14.7. The Kier molecular flexibility index (Phi) is 4.70. The number of carbonyl (C=O) groups excluding carboxylic acids is 2. The van der Waals surface area contributed by atoms with E-state index in [0.29, 0.717) is 0 Å². The summed E-state index contributed by atoms with van der Waals surface area (Å²) in [6.45, 7) is 5.58. The molecule has 3 rings (SSSR count). The smallest absolute Gasteiger partial charge is 0.226 e. The average Bonchev–Trinajstić information content (AvgIpc) is 2.58. The van der Waals surface area contributed by atoms with E-state index in [0.717, 1.165) is 22.4 Å². The molecular formula is C21H22N2O2. The molecule has 25 heavy (non-hydrogen) atoms. The molecule has 2 amide bonds. The molecule has 1 N–H and O–H groups in total. The molecule has 0 bridgehead atoms. The van der Waals surface area contributed by atoms with E-state index in [1.54, 1.807) is 11.1 Å². The molecule has 0 saturated carbocycles. The van der Waals surface area contributed by atoms with E-state index in [9.17, 15) is 9.59 Å². The maximum Gasteiger partial charge on any atom is 0.226 e. The first-order valence-electron chi connectivity index (χ1n) is 8.39. The Bertz CT molecular complexity index is 855. The van der Waals surface area contributed by atoms with Gasteiger partial charge in [0, 0.05) is 18.8 Å². The summed E-state index contributed by atoms with van der Waals surface area (Å²) in [7, 11) is 0. The lowest BCUT2D eigenvalue weighted by atomic mass is 9.93. The predicted octanol–water partition coefficient (Wildman–Crippen LogP) is 4.21. The number of carbonyl (C=O) groups is 2. The number of benzene rings is 2. The molecule has 4 heteroatoms. The van der Waals surface area contributed by atoms with Crippen LogP contribution in [0.4, 0.5) is 5.69 Å². The van der Waals surface area contributed by atoms with Crippen molar-refractivity contribution < 1.29 is 9.59 Å². The van der Waals surface area contributed by atoms with Gasteiger partial charge in [-0.15, -0.1) is 0 Å². The molecular weight excluding hydrogens is 312 g/mol. The van der Waals surface area contributed by atoms with E-state index < -0.39 is 0 Å². The minimum Gasteiger partial charge on any atom is -0.326 e. The summed E-state index contributed by atoms with van der Waals surface area (Å²) in [6.07, 6.45) is 3.89. The molecule has 0 radical (unpaired) electrons. The molecule has 128 valence electrons. The first kappa shape index (κ1) is 17.0. The lowest BCUT2D eigenvalue weighted by Gasteiger charge is -2.32. The van der Waals surface area contributed by atoms with Crippen LogP contribution in [0.5, 0.6) is 0 Å². The van der Waals surface area contributed by atoms with E-state index in [1.165, 1.54) is 12.5 Å². The number of fused-ring (bicyclic) bond motifs is 1. The van der Waals surface area contributed by atoms with Crippen molar-refractivity contribution in [3.63, 3.8) is 0 Å². The van der Waals surface area contributed by atoms with Crippen molar-refractivity contribution in [2.24, 2.45) is 0 Å². The predicted molar refractivity (Wildman–Crippen MR) is 99.9 cm³/mol. The summed E-state index contributed by atoms with van der Waals surface area (Å²) in [6, 6.07) is 13.4. The summed E-state index contributed by atoms with van der Waals surface area (Å²) < 4.78 is 0. The maximum absolute atomic E-state index is 12.6. The lowest BCUT2D eigenvalue weighted by molar-refractivity contribution is -0.129. The third-order valence-electron chi connectivity index (χ3n) is 4.64. The Hall–Kier alpha value is -2.88. The molecule has 1 aliphatic heterocycles. The summed E-state index contributed by atoms with van der Waals surface area (Å²) in [5.41, 5.74) is 5.14. The fourth-order valence-corrected chi connectivity index (χ4v) is 3.12. The van der Waals surface area contributed by atoms with Crippen molar-refractivity contribution >= 4 is 23.6 Å². The summed E-state index contributed by atoms with van der Waals surface area (Å²) >= 11 is 0. The van der Waals surface area contributed by atoms with Gasteiger partial charge in [-0.2, -0.15) is 0 Å². The highest BCUT2D eigenvalue weighted by molar-refractivity contribution is 5.92. The van der Waals surface area contributed by atoms with E-state index in [-0.39, 0.29) is 24.3 Å². The van der Waals surface area contributed by atoms with Crippen LogP contribution in [0.2, 0.25) is 0 Å². The average molecular weight is 334 g/mol. The fourth-order valence-electron chi connectivity index (χ4n) is 3.12. The highest BCUT2D eigenvalue weighted by Crippen LogP contribution is 2.33. The van der Waals surface area contributed by atoms with Crippen LogP contribution < -0.4 is 5.32 Å². The van der Waals surface area contributed by atoms with Gasteiger partial charge in [0.2, 0.25) is 11.8 Å². The molecule has 4 nitrogen and oxygen atoms in total. The molecule has 1 heterocycles. The number of amides is 2. The third kappa shape index (κ3) is 3.63. The Morgan fingerprint density at radius 3 is 2.56 bits per heavy atom. The number of hydrogen-bond donors (Lipinski definition) is 1. The van der Waals surface area contributed by atoms with Crippen LogP contribution in [-0.4, -0.2) is 16.7 Å². The van der Waals surface area contributed by atoms with Gasteiger partial charge in [-0.05, 0) is 54.3 Å². The van der Waals surface area contributed by atoms with Crippen LogP contribution in [-0.2, 0) is 9.59 Å². The number of aryl methyl sites for hydroxylation is 2. The Morgan fingerprint density at radius 2 is 1.84 bits per heavy atom. The van der Waals surface area contributed by atoms with Gasteiger partial charge in [-0.25, -0.2) is 0 Å². The minimum absolute atomic E-state index is 0.0743. The van der Waals surface area contributed by atoms with Crippen molar-refractivity contribution in [1.82, 2.24) is 4.90 Å². The van der Waals surface area contributed by atoms with Crippen LogP contribution in [0.1, 0.15) is 41.6 Å².